The fraction of sp³-hybridized carbons (Fsp3) is 0.300. The van der Waals surface area contributed by atoms with E-state index in [9.17, 15) is 9.18 Å². The van der Waals surface area contributed by atoms with E-state index in [2.05, 4.69) is 0 Å². The Kier molecular flexibility index (Phi) is 3.52. The molecule has 0 aromatic heterocycles. The zero-order valence-corrected chi connectivity index (χ0v) is 9.01. The maximum absolute atomic E-state index is 13.3. The highest BCUT2D eigenvalue weighted by Gasteiger charge is 2.15. The van der Waals surface area contributed by atoms with Crippen LogP contribution in [-0.2, 0) is 0 Å². The highest BCUT2D eigenvalue weighted by atomic mass is 35.5. The summed E-state index contributed by atoms with van der Waals surface area (Å²) in [6.45, 7) is 3.47. The summed E-state index contributed by atoms with van der Waals surface area (Å²) in [5.74, 6) is -2.04. The number of carbonyl (C=O) groups is 1. The van der Waals surface area contributed by atoms with Gasteiger partial charge in [-0.05, 0) is 19.9 Å². The summed E-state index contributed by atoms with van der Waals surface area (Å²) in [4.78, 5) is 10.6. The molecule has 0 bridgehead atoms. The van der Waals surface area contributed by atoms with Gasteiger partial charge in [0, 0.05) is 6.07 Å². The average Bonchev–Trinajstić information content (AvgIpc) is 2.09. The number of halogens is 2. The summed E-state index contributed by atoms with van der Waals surface area (Å²) < 4.78 is 18.4. The monoisotopic (exact) mass is 232 g/mol. The lowest BCUT2D eigenvalue weighted by Gasteiger charge is -2.11. The standard InChI is InChI=1S/C10H10ClFO3/c1-5(2)15-9-4-7(11)6(10(13)14)3-8(9)12/h3-5H,1-2H3,(H,13,14). The van der Waals surface area contributed by atoms with Crippen LogP contribution in [0.4, 0.5) is 4.39 Å². The van der Waals surface area contributed by atoms with Crippen LogP contribution >= 0.6 is 11.6 Å². The maximum Gasteiger partial charge on any atom is 0.337 e. The van der Waals surface area contributed by atoms with Gasteiger partial charge in [-0.1, -0.05) is 11.6 Å². The average molecular weight is 233 g/mol. The number of rotatable bonds is 3. The number of hydrogen-bond acceptors (Lipinski definition) is 2. The molecule has 0 atom stereocenters. The van der Waals surface area contributed by atoms with E-state index in [4.69, 9.17) is 21.4 Å². The lowest BCUT2D eigenvalue weighted by atomic mass is 10.2. The SMILES string of the molecule is CC(C)Oc1cc(Cl)c(C(=O)O)cc1F. The Bertz CT molecular complexity index is 390. The van der Waals surface area contributed by atoms with Crippen molar-refractivity contribution in [3.8, 4) is 5.75 Å². The Labute approximate surface area is 91.4 Å². The van der Waals surface area contributed by atoms with Gasteiger partial charge in [0.2, 0.25) is 0 Å². The third kappa shape index (κ3) is 2.83. The summed E-state index contributed by atoms with van der Waals surface area (Å²) >= 11 is 5.65. The van der Waals surface area contributed by atoms with Gasteiger partial charge in [0.1, 0.15) is 0 Å². The van der Waals surface area contributed by atoms with Crippen LogP contribution in [0.15, 0.2) is 12.1 Å². The molecule has 1 N–H and O–H groups in total. The first-order valence-corrected chi connectivity index (χ1v) is 4.68. The molecule has 0 amide bonds. The summed E-state index contributed by atoms with van der Waals surface area (Å²) in [7, 11) is 0. The molecule has 0 saturated carbocycles. The lowest BCUT2D eigenvalue weighted by Crippen LogP contribution is -2.08. The molecule has 0 fully saturated rings. The molecule has 3 nitrogen and oxygen atoms in total. The van der Waals surface area contributed by atoms with Crippen LogP contribution in [0.3, 0.4) is 0 Å². The molecule has 0 aliphatic carbocycles. The van der Waals surface area contributed by atoms with Crippen molar-refractivity contribution in [2.75, 3.05) is 0 Å². The predicted molar refractivity (Wildman–Crippen MR) is 54.1 cm³/mol. The van der Waals surface area contributed by atoms with Crippen molar-refractivity contribution in [1.82, 2.24) is 0 Å². The number of ether oxygens (including phenoxy) is 1. The van der Waals surface area contributed by atoms with Crippen molar-refractivity contribution in [2.45, 2.75) is 20.0 Å². The van der Waals surface area contributed by atoms with Gasteiger partial charge in [-0.3, -0.25) is 0 Å². The molecular formula is C10H10ClFO3. The summed E-state index contributed by atoms with van der Waals surface area (Å²) in [6, 6.07) is 2.02. The van der Waals surface area contributed by atoms with Gasteiger partial charge in [0.15, 0.2) is 11.6 Å². The highest BCUT2D eigenvalue weighted by Crippen LogP contribution is 2.26. The van der Waals surface area contributed by atoms with Crippen molar-refractivity contribution >= 4 is 17.6 Å². The summed E-state index contributed by atoms with van der Waals surface area (Å²) in [5, 5.41) is 8.63. The molecule has 0 radical (unpaired) electrons. The zero-order chi connectivity index (χ0) is 11.6. The second kappa shape index (κ2) is 4.49. The Morgan fingerprint density at radius 1 is 1.53 bits per heavy atom. The first kappa shape index (κ1) is 11.8. The topological polar surface area (TPSA) is 46.5 Å². The molecule has 1 rings (SSSR count). The number of hydrogen-bond donors (Lipinski definition) is 1. The van der Waals surface area contributed by atoms with Crippen LogP contribution in [0.1, 0.15) is 24.2 Å². The first-order chi connectivity index (χ1) is 6.91. The van der Waals surface area contributed by atoms with Crippen LogP contribution in [0, 0.1) is 5.82 Å². The molecule has 0 aliphatic rings. The number of carboxylic acids is 1. The van der Waals surface area contributed by atoms with E-state index >= 15 is 0 Å². The summed E-state index contributed by atoms with van der Waals surface area (Å²) in [5.41, 5.74) is -0.273. The zero-order valence-electron chi connectivity index (χ0n) is 8.25. The Hall–Kier alpha value is -1.29. The lowest BCUT2D eigenvalue weighted by molar-refractivity contribution is 0.0696. The largest absolute Gasteiger partial charge is 0.488 e. The minimum absolute atomic E-state index is 0.0417. The molecule has 15 heavy (non-hydrogen) atoms. The van der Waals surface area contributed by atoms with Gasteiger partial charge in [-0.25, -0.2) is 9.18 Å². The van der Waals surface area contributed by atoms with Crippen LogP contribution in [0.25, 0.3) is 0 Å². The van der Waals surface area contributed by atoms with Gasteiger partial charge in [-0.2, -0.15) is 0 Å². The molecule has 5 heteroatoms. The number of aromatic carboxylic acids is 1. The van der Waals surface area contributed by atoms with E-state index in [0.29, 0.717) is 0 Å². The molecule has 0 aliphatic heterocycles. The van der Waals surface area contributed by atoms with E-state index in [-0.39, 0.29) is 22.4 Å². The van der Waals surface area contributed by atoms with Crippen molar-refractivity contribution in [3.63, 3.8) is 0 Å². The van der Waals surface area contributed by atoms with Gasteiger partial charge in [0.25, 0.3) is 0 Å². The maximum atomic E-state index is 13.3. The van der Waals surface area contributed by atoms with Gasteiger partial charge >= 0.3 is 5.97 Å². The van der Waals surface area contributed by atoms with Gasteiger partial charge < -0.3 is 9.84 Å². The van der Waals surface area contributed by atoms with E-state index < -0.39 is 11.8 Å². The van der Waals surface area contributed by atoms with Crippen molar-refractivity contribution in [1.29, 1.82) is 0 Å². The molecule has 0 saturated heterocycles. The minimum Gasteiger partial charge on any atom is -0.488 e. The molecule has 82 valence electrons. The molecule has 1 aromatic carbocycles. The Morgan fingerprint density at radius 3 is 2.60 bits per heavy atom. The van der Waals surface area contributed by atoms with Crippen LogP contribution in [-0.4, -0.2) is 17.2 Å². The second-order valence-corrected chi connectivity index (χ2v) is 3.64. The third-order valence-corrected chi connectivity index (χ3v) is 1.93. The van der Waals surface area contributed by atoms with Crippen LogP contribution in [0.5, 0.6) is 5.75 Å². The molecule has 0 spiro atoms. The Morgan fingerprint density at radius 2 is 2.13 bits per heavy atom. The fourth-order valence-electron chi connectivity index (χ4n) is 1.04. The van der Waals surface area contributed by atoms with Crippen molar-refractivity contribution in [2.24, 2.45) is 0 Å². The fourth-order valence-corrected chi connectivity index (χ4v) is 1.27. The van der Waals surface area contributed by atoms with Crippen LogP contribution in [0.2, 0.25) is 5.02 Å². The number of carboxylic acid groups (broad SMARTS) is 1. The van der Waals surface area contributed by atoms with Gasteiger partial charge in [0.05, 0.1) is 16.7 Å². The quantitative estimate of drug-likeness (QED) is 0.872. The predicted octanol–water partition coefficient (Wildman–Crippen LogP) is 2.96. The number of benzene rings is 1. The molecule has 1 aromatic rings. The first-order valence-electron chi connectivity index (χ1n) is 4.30. The van der Waals surface area contributed by atoms with Crippen molar-refractivity contribution < 1.29 is 19.0 Å². The molecule has 0 unspecified atom stereocenters. The van der Waals surface area contributed by atoms with E-state index in [0.717, 1.165) is 6.07 Å². The molecular weight excluding hydrogens is 223 g/mol. The minimum atomic E-state index is -1.27. The van der Waals surface area contributed by atoms with E-state index in [1.165, 1.54) is 6.07 Å². The van der Waals surface area contributed by atoms with E-state index in [1.807, 2.05) is 0 Å². The third-order valence-electron chi connectivity index (χ3n) is 1.61. The van der Waals surface area contributed by atoms with Gasteiger partial charge in [-0.15, -0.1) is 0 Å². The summed E-state index contributed by atoms with van der Waals surface area (Å²) in [6.07, 6.45) is -0.203. The smallest absolute Gasteiger partial charge is 0.337 e. The van der Waals surface area contributed by atoms with Crippen LogP contribution < -0.4 is 4.74 Å². The van der Waals surface area contributed by atoms with E-state index in [1.54, 1.807) is 13.8 Å². The molecule has 0 heterocycles. The normalized spacial score (nSPS) is 10.5. The Balaban J connectivity index is 3.13. The van der Waals surface area contributed by atoms with Crippen molar-refractivity contribution in [3.05, 3.63) is 28.5 Å². The second-order valence-electron chi connectivity index (χ2n) is 3.23. The highest BCUT2D eigenvalue weighted by molar-refractivity contribution is 6.33.